The van der Waals surface area contributed by atoms with Gasteiger partial charge in [0.2, 0.25) is 0 Å². The van der Waals surface area contributed by atoms with Crippen molar-refractivity contribution in [3.05, 3.63) is 58.1 Å². The van der Waals surface area contributed by atoms with Gasteiger partial charge >= 0.3 is 0 Å². The van der Waals surface area contributed by atoms with Crippen LogP contribution in [0.4, 0.5) is 8.78 Å². The van der Waals surface area contributed by atoms with Crippen molar-refractivity contribution in [2.75, 3.05) is 0 Å². The molecule has 0 radical (unpaired) electrons. The Morgan fingerprint density at radius 3 is 2.50 bits per heavy atom. The normalized spacial score (nSPS) is 12.4. The molecular weight excluding hydrogens is 306 g/mol. The van der Waals surface area contributed by atoms with E-state index >= 15 is 0 Å². The first-order valence-electron chi connectivity index (χ1n) is 5.01. The van der Waals surface area contributed by atoms with E-state index in [9.17, 15) is 8.78 Å². The Kier molecular flexibility index (Phi) is 3.95. The Balaban J connectivity index is 2.56. The number of halogens is 3. The van der Waals surface area contributed by atoms with E-state index in [-0.39, 0.29) is 15.9 Å². The van der Waals surface area contributed by atoms with E-state index in [1.165, 1.54) is 18.5 Å². The zero-order valence-corrected chi connectivity index (χ0v) is 10.7. The third-order valence-corrected chi connectivity index (χ3v) is 2.99. The van der Waals surface area contributed by atoms with Crippen LogP contribution in [0.25, 0.3) is 0 Å². The van der Waals surface area contributed by atoms with E-state index in [4.69, 9.17) is 5.84 Å². The van der Waals surface area contributed by atoms with Crippen LogP contribution in [0.5, 0.6) is 0 Å². The number of hydrogen-bond acceptors (Lipinski definition) is 4. The Morgan fingerprint density at radius 1 is 1.22 bits per heavy atom. The smallest absolute Gasteiger partial charge is 0.151 e. The second-order valence-corrected chi connectivity index (χ2v) is 4.32. The third kappa shape index (κ3) is 2.38. The first kappa shape index (κ1) is 13.0. The highest BCUT2D eigenvalue weighted by molar-refractivity contribution is 9.10. The van der Waals surface area contributed by atoms with Crippen LogP contribution < -0.4 is 11.3 Å². The number of rotatable bonds is 3. The van der Waals surface area contributed by atoms with Gasteiger partial charge in [0.1, 0.15) is 17.7 Å². The van der Waals surface area contributed by atoms with E-state index in [1.807, 2.05) is 0 Å². The highest BCUT2D eigenvalue weighted by atomic mass is 79.9. The van der Waals surface area contributed by atoms with Crippen LogP contribution in [-0.4, -0.2) is 9.97 Å². The Hall–Kier alpha value is -1.44. The molecular formula is C11H9BrF2N4. The van der Waals surface area contributed by atoms with Crippen molar-refractivity contribution in [1.29, 1.82) is 0 Å². The second kappa shape index (κ2) is 5.47. The summed E-state index contributed by atoms with van der Waals surface area (Å²) < 4.78 is 27.8. The van der Waals surface area contributed by atoms with E-state index in [0.29, 0.717) is 0 Å². The van der Waals surface area contributed by atoms with Crippen molar-refractivity contribution in [1.82, 2.24) is 15.4 Å². The molecule has 1 atom stereocenters. The van der Waals surface area contributed by atoms with Crippen molar-refractivity contribution in [2.45, 2.75) is 6.04 Å². The molecule has 18 heavy (non-hydrogen) atoms. The van der Waals surface area contributed by atoms with Gasteiger partial charge < -0.3 is 0 Å². The lowest BCUT2D eigenvalue weighted by atomic mass is 10.1. The maximum absolute atomic E-state index is 13.9. The molecule has 0 fully saturated rings. The molecule has 3 N–H and O–H groups in total. The minimum Gasteiger partial charge on any atom is -0.270 e. The van der Waals surface area contributed by atoms with Gasteiger partial charge in [0.15, 0.2) is 5.82 Å². The minimum atomic E-state index is -0.955. The summed E-state index contributed by atoms with van der Waals surface area (Å²) in [6.45, 7) is 0. The van der Waals surface area contributed by atoms with Gasteiger partial charge in [-0.3, -0.25) is 5.84 Å². The van der Waals surface area contributed by atoms with Crippen LogP contribution in [0.3, 0.4) is 0 Å². The highest BCUT2D eigenvalue weighted by Crippen LogP contribution is 2.28. The average molecular weight is 315 g/mol. The lowest BCUT2D eigenvalue weighted by molar-refractivity contribution is 0.496. The fraction of sp³-hybridized carbons (Fsp3) is 0.0909. The quantitative estimate of drug-likeness (QED) is 0.517. The summed E-state index contributed by atoms with van der Waals surface area (Å²) in [7, 11) is 0. The molecule has 0 bridgehead atoms. The summed E-state index contributed by atoms with van der Waals surface area (Å²) in [5.74, 6) is 4.09. The topological polar surface area (TPSA) is 63.8 Å². The summed E-state index contributed by atoms with van der Waals surface area (Å²) in [6.07, 6.45) is 2.95. The Bertz CT molecular complexity index is 550. The van der Waals surface area contributed by atoms with Crippen LogP contribution in [0.1, 0.15) is 17.4 Å². The lowest BCUT2D eigenvalue weighted by Gasteiger charge is -2.16. The van der Waals surface area contributed by atoms with Crippen molar-refractivity contribution in [2.24, 2.45) is 5.84 Å². The van der Waals surface area contributed by atoms with Crippen molar-refractivity contribution in [3.8, 4) is 0 Å². The van der Waals surface area contributed by atoms with Gasteiger partial charge in [-0.15, -0.1) is 0 Å². The lowest BCUT2D eigenvalue weighted by Crippen LogP contribution is -2.31. The predicted molar refractivity (Wildman–Crippen MR) is 65.3 cm³/mol. The number of nitrogens with zero attached hydrogens (tertiary/aromatic N) is 2. The Labute approximate surface area is 110 Å². The summed E-state index contributed by atoms with van der Waals surface area (Å²) in [6, 6.07) is 3.08. The summed E-state index contributed by atoms with van der Waals surface area (Å²) in [4.78, 5) is 7.87. The van der Waals surface area contributed by atoms with Gasteiger partial charge in [0.05, 0.1) is 10.0 Å². The number of hydrogen-bond donors (Lipinski definition) is 2. The van der Waals surface area contributed by atoms with Gasteiger partial charge in [0.25, 0.3) is 0 Å². The standard InChI is InChI=1S/C11H9BrF2N4/c12-6-2-3-7(13)8(9(6)14)10(18-15)11-16-4-1-5-17-11/h1-5,10,18H,15H2. The van der Waals surface area contributed by atoms with Gasteiger partial charge in [-0.1, -0.05) is 0 Å². The molecule has 0 aliphatic rings. The fourth-order valence-corrected chi connectivity index (χ4v) is 1.90. The minimum absolute atomic E-state index is 0.148. The molecule has 1 aromatic carbocycles. The maximum atomic E-state index is 13.9. The molecule has 2 rings (SSSR count). The SMILES string of the molecule is NNC(c1ncccn1)c1c(F)ccc(Br)c1F. The number of aromatic nitrogens is 2. The van der Waals surface area contributed by atoms with Crippen molar-refractivity contribution < 1.29 is 8.78 Å². The van der Waals surface area contributed by atoms with E-state index in [2.05, 4.69) is 31.3 Å². The highest BCUT2D eigenvalue weighted by Gasteiger charge is 2.24. The zero-order chi connectivity index (χ0) is 13.1. The van der Waals surface area contributed by atoms with E-state index in [1.54, 1.807) is 6.07 Å². The molecule has 94 valence electrons. The van der Waals surface area contributed by atoms with Gasteiger partial charge in [-0.25, -0.2) is 24.2 Å². The maximum Gasteiger partial charge on any atom is 0.151 e. The molecule has 0 spiro atoms. The van der Waals surface area contributed by atoms with E-state index in [0.717, 1.165) is 6.07 Å². The number of nitrogens with one attached hydrogen (secondary N) is 1. The molecule has 0 amide bonds. The second-order valence-electron chi connectivity index (χ2n) is 3.46. The third-order valence-electron chi connectivity index (χ3n) is 2.38. The van der Waals surface area contributed by atoms with Gasteiger partial charge in [0, 0.05) is 12.4 Å². The van der Waals surface area contributed by atoms with Crippen LogP contribution in [-0.2, 0) is 0 Å². The molecule has 0 aliphatic heterocycles. The number of nitrogens with two attached hydrogens (primary N) is 1. The Morgan fingerprint density at radius 2 is 1.89 bits per heavy atom. The molecule has 4 nitrogen and oxygen atoms in total. The number of hydrazine groups is 1. The van der Waals surface area contributed by atoms with Crippen molar-refractivity contribution in [3.63, 3.8) is 0 Å². The summed E-state index contributed by atoms with van der Waals surface area (Å²) in [5.41, 5.74) is 2.09. The predicted octanol–water partition coefficient (Wildman–Crippen LogP) is 2.07. The van der Waals surface area contributed by atoms with Crippen LogP contribution >= 0.6 is 15.9 Å². The molecule has 1 heterocycles. The van der Waals surface area contributed by atoms with Crippen molar-refractivity contribution >= 4 is 15.9 Å². The summed E-state index contributed by atoms with van der Waals surface area (Å²) >= 11 is 3.00. The van der Waals surface area contributed by atoms with E-state index < -0.39 is 17.7 Å². The molecule has 1 aromatic heterocycles. The van der Waals surface area contributed by atoms with Crippen LogP contribution in [0, 0.1) is 11.6 Å². The fourth-order valence-electron chi connectivity index (χ4n) is 1.55. The van der Waals surface area contributed by atoms with Gasteiger partial charge in [-0.2, -0.15) is 0 Å². The monoisotopic (exact) mass is 314 g/mol. The molecule has 0 saturated heterocycles. The molecule has 7 heteroatoms. The van der Waals surface area contributed by atoms with Gasteiger partial charge in [-0.05, 0) is 34.1 Å². The first-order valence-corrected chi connectivity index (χ1v) is 5.81. The molecule has 2 aromatic rings. The molecule has 0 saturated carbocycles. The summed E-state index contributed by atoms with van der Waals surface area (Å²) in [5, 5.41) is 0. The molecule has 1 unspecified atom stereocenters. The average Bonchev–Trinajstić information content (AvgIpc) is 2.40. The van der Waals surface area contributed by atoms with Crippen LogP contribution in [0.15, 0.2) is 35.1 Å². The molecule has 0 aliphatic carbocycles. The van der Waals surface area contributed by atoms with Crippen LogP contribution in [0.2, 0.25) is 0 Å². The largest absolute Gasteiger partial charge is 0.270 e. The number of benzene rings is 1. The zero-order valence-electron chi connectivity index (χ0n) is 9.07. The first-order chi connectivity index (χ1) is 8.65.